The van der Waals surface area contributed by atoms with Gasteiger partial charge in [0, 0.05) is 39.2 Å². The van der Waals surface area contributed by atoms with Crippen molar-refractivity contribution in [3.05, 3.63) is 75.4 Å². The van der Waals surface area contributed by atoms with E-state index in [1.54, 1.807) is 11.0 Å². The fraction of sp³-hybridized carbons (Fsp3) is 0.280. The van der Waals surface area contributed by atoms with Gasteiger partial charge in [-0.3, -0.25) is 9.59 Å². The highest BCUT2D eigenvalue weighted by molar-refractivity contribution is 9.10. The molecule has 2 N–H and O–H groups in total. The van der Waals surface area contributed by atoms with Gasteiger partial charge in [-0.1, -0.05) is 60.0 Å². The third kappa shape index (κ3) is 3.81. The Hall–Kier alpha value is -2.86. The molecule has 2 heterocycles. The Bertz CT molecular complexity index is 1190. The predicted molar refractivity (Wildman–Crippen MR) is 126 cm³/mol. The van der Waals surface area contributed by atoms with Crippen molar-refractivity contribution < 1.29 is 14.7 Å². The highest BCUT2D eigenvalue weighted by Gasteiger charge is 2.46. The highest BCUT2D eigenvalue weighted by Crippen LogP contribution is 2.42. The van der Waals surface area contributed by atoms with Crippen LogP contribution in [0.5, 0.6) is 0 Å². The van der Waals surface area contributed by atoms with Crippen LogP contribution in [0.4, 0.5) is 0 Å². The lowest BCUT2D eigenvalue weighted by Gasteiger charge is -2.25. The van der Waals surface area contributed by atoms with Gasteiger partial charge in [0.05, 0.1) is 11.6 Å². The number of nitrogens with one attached hydrogen (secondary N) is 1. The molecule has 1 saturated heterocycles. The number of Topliss-reactive ketones (excluding diaryl/α,β-unsaturated/α-hetero) is 1. The second-order valence-electron chi connectivity index (χ2n) is 7.95. The Morgan fingerprint density at radius 1 is 1.16 bits per heavy atom. The van der Waals surface area contributed by atoms with Crippen molar-refractivity contribution in [2.45, 2.75) is 39.2 Å². The molecule has 6 heteroatoms. The van der Waals surface area contributed by atoms with Crippen LogP contribution in [0, 0.1) is 6.92 Å². The Morgan fingerprint density at radius 3 is 2.68 bits per heavy atom. The van der Waals surface area contributed by atoms with E-state index in [1.807, 2.05) is 49.5 Å². The minimum absolute atomic E-state index is 0.137. The lowest BCUT2D eigenvalue weighted by atomic mass is 9.94. The van der Waals surface area contributed by atoms with Gasteiger partial charge in [-0.25, -0.2) is 0 Å². The molecule has 160 valence electrons. The number of halogens is 1. The van der Waals surface area contributed by atoms with Gasteiger partial charge in [0.25, 0.3) is 11.7 Å². The Labute approximate surface area is 189 Å². The van der Waals surface area contributed by atoms with Crippen LogP contribution in [0.25, 0.3) is 16.7 Å². The number of carbonyl (C=O) groups excluding carboxylic acids is 2. The maximum Gasteiger partial charge on any atom is 0.295 e. The maximum absolute atomic E-state index is 13.1. The molecule has 1 aliphatic heterocycles. The zero-order chi connectivity index (χ0) is 22.1. The summed E-state index contributed by atoms with van der Waals surface area (Å²) in [7, 11) is 0. The van der Waals surface area contributed by atoms with Crippen LogP contribution in [-0.4, -0.2) is 33.2 Å². The molecule has 5 nitrogen and oxygen atoms in total. The van der Waals surface area contributed by atoms with Crippen LogP contribution >= 0.6 is 15.9 Å². The minimum atomic E-state index is -0.634. The number of hydrogen-bond donors (Lipinski definition) is 2. The van der Waals surface area contributed by atoms with Crippen molar-refractivity contribution in [3.8, 4) is 0 Å². The smallest absolute Gasteiger partial charge is 0.295 e. The number of para-hydroxylation sites is 1. The molecule has 0 spiro atoms. The first-order chi connectivity index (χ1) is 14.9. The SMILES string of the molecule is CCCCCN1C(=O)C(=O)/C(=C(/O)c2ccc(Br)c(C)c2)C1c1c[nH]c2ccccc12. The average molecular weight is 481 g/mol. The van der Waals surface area contributed by atoms with Crippen LogP contribution in [0.1, 0.15) is 48.9 Å². The fourth-order valence-corrected chi connectivity index (χ4v) is 4.48. The van der Waals surface area contributed by atoms with Crippen LogP contribution in [0.2, 0.25) is 0 Å². The van der Waals surface area contributed by atoms with E-state index in [2.05, 4.69) is 27.8 Å². The van der Waals surface area contributed by atoms with Crippen molar-refractivity contribution >= 4 is 44.3 Å². The Kier molecular flexibility index (Phi) is 6.01. The standard InChI is InChI=1S/C25H25BrN2O3/c1-3-4-7-12-28-22(18-14-27-20-9-6-5-8-17(18)20)21(24(30)25(28)31)23(29)16-10-11-19(26)15(2)13-16/h5-6,8-11,13-14,22,27,29H,3-4,7,12H2,1-2H3/b23-21+. The number of fused-ring (bicyclic) bond motifs is 1. The van der Waals surface area contributed by atoms with Crippen LogP contribution < -0.4 is 0 Å². The molecular formula is C25H25BrN2O3. The van der Waals surface area contributed by atoms with E-state index < -0.39 is 17.7 Å². The number of benzene rings is 2. The van der Waals surface area contributed by atoms with Gasteiger partial charge in [0.1, 0.15) is 5.76 Å². The van der Waals surface area contributed by atoms with E-state index in [0.717, 1.165) is 45.8 Å². The van der Waals surface area contributed by atoms with Crippen molar-refractivity contribution in [3.63, 3.8) is 0 Å². The number of aryl methyl sites for hydroxylation is 1. The second kappa shape index (κ2) is 8.71. The van der Waals surface area contributed by atoms with Crippen LogP contribution in [0.3, 0.4) is 0 Å². The number of aliphatic hydroxyl groups excluding tert-OH is 1. The zero-order valence-electron chi connectivity index (χ0n) is 17.6. The summed E-state index contributed by atoms with van der Waals surface area (Å²) in [5, 5.41) is 12.1. The summed E-state index contributed by atoms with van der Waals surface area (Å²) in [6.45, 7) is 4.49. The average Bonchev–Trinajstić information content (AvgIpc) is 3.29. The van der Waals surface area contributed by atoms with Crippen molar-refractivity contribution in [2.24, 2.45) is 0 Å². The van der Waals surface area contributed by atoms with E-state index >= 15 is 0 Å². The van der Waals surface area contributed by atoms with Gasteiger partial charge in [-0.2, -0.15) is 0 Å². The van der Waals surface area contributed by atoms with E-state index in [0.29, 0.717) is 12.1 Å². The molecule has 1 unspecified atom stereocenters. The molecule has 0 aliphatic carbocycles. The number of H-pyrrole nitrogens is 1. The van der Waals surface area contributed by atoms with Gasteiger partial charge in [-0.05, 0) is 37.1 Å². The molecule has 0 saturated carbocycles. The molecule has 4 rings (SSSR count). The molecule has 0 bridgehead atoms. The number of aromatic nitrogens is 1. The van der Waals surface area contributed by atoms with E-state index in [1.165, 1.54) is 0 Å². The van der Waals surface area contributed by atoms with Crippen LogP contribution in [-0.2, 0) is 9.59 Å². The third-order valence-electron chi connectivity index (χ3n) is 5.89. The fourth-order valence-electron chi connectivity index (χ4n) is 4.23. The summed E-state index contributed by atoms with van der Waals surface area (Å²) in [6, 6.07) is 12.6. The van der Waals surface area contributed by atoms with Crippen LogP contribution in [0.15, 0.2) is 58.7 Å². The summed E-state index contributed by atoms with van der Waals surface area (Å²) in [5.74, 6) is -1.33. The first kappa shape index (κ1) is 21.4. The number of unbranched alkanes of at least 4 members (excludes halogenated alkanes) is 2. The number of hydrogen-bond acceptors (Lipinski definition) is 3. The van der Waals surface area contributed by atoms with Gasteiger partial charge < -0.3 is 15.0 Å². The van der Waals surface area contributed by atoms with Gasteiger partial charge in [-0.15, -0.1) is 0 Å². The highest BCUT2D eigenvalue weighted by atomic mass is 79.9. The number of likely N-dealkylation sites (tertiary alicyclic amines) is 1. The summed E-state index contributed by atoms with van der Waals surface area (Å²) in [6.07, 6.45) is 4.63. The molecule has 0 radical (unpaired) electrons. The van der Waals surface area contributed by atoms with Gasteiger partial charge >= 0.3 is 0 Å². The summed E-state index contributed by atoms with van der Waals surface area (Å²) >= 11 is 3.47. The molecule has 3 aromatic rings. The molecule has 1 atom stereocenters. The number of rotatable bonds is 6. The van der Waals surface area contributed by atoms with Gasteiger partial charge in [0.15, 0.2) is 0 Å². The quantitative estimate of drug-likeness (QED) is 0.201. The Morgan fingerprint density at radius 2 is 1.94 bits per heavy atom. The van der Waals surface area contributed by atoms with Gasteiger partial charge in [0.2, 0.25) is 0 Å². The minimum Gasteiger partial charge on any atom is -0.507 e. The normalized spacial score (nSPS) is 18.3. The predicted octanol–water partition coefficient (Wildman–Crippen LogP) is 5.85. The molecular weight excluding hydrogens is 456 g/mol. The number of amides is 1. The second-order valence-corrected chi connectivity index (χ2v) is 8.81. The summed E-state index contributed by atoms with van der Waals surface area (Å²) in [5.41, 5.74) is 3.35. The lowest BCUT2D eigenvalue weighted by molar-refractivity contribution is -0.139. The van der Waals surface area contributed by atoms with E-state index in [9.17, 15) is 14.7 Å². The number of aliphatic hydroxyl groups is 1. The summed E-state index contributed by atoms with van der Waals surface area (Å²) < 4.78 is 0.914. The van der Waals surface area contributed by atoms with Crippen molar-refractivity contribution in [1.29, 1.82) is 0 Å². The zero-order valence-corrected chi connectivity index (χ0v) is 19.2. The van der Waals surface area contributed by atoms with E-state index in [-0.39, 0.29) is 11.3 Å². The molecule has 31 heavy (non-hydrogen) atoms. The van der Waals surface area contributed by atoms with Crippen molar-refractivity contribution in [2.75, 3.05) is 6.54 Å². The molecule has 1 fully saturated rings. The molecule has 1 aromatic heterocycles. The lowest BCUT2D eigenvalue weighted by Crippen LogP contribution is -2.30. The first-order valence-electron chi connectivity index (χ1n) is 10.5. The number of aromatic amines is 1. The maximum atomic E-state index is 13.1. The third-order valence-corrected chi connectivity index (χ3v) is 6.78. The number of carbonyl (C=O) groups is 2. The number of nitrogens with zero attached hydrogens (tertiary/aromatic N) is 1. The molecule has 2 aromatic carbocycles. The first-order valence-corrected chi connectivity index (χ1v) is 11.3. The largest absolute Gasteiger partial charge is 0.507 e. The molecule has 1 amide bonds. The summed E-state index contributed by atoms with van der Waals surface area (Å²) in [4.78, 5) is 31.0. The number of ketones is 1. The Balaban J connectivity index is 1.89. The van der Waals surface area contributed by atoms with E-state index in [4.69, 9.17) is 0 Å². The van der Waals surface area contributed by atoms with Crippen molar-refractivity contribution in [1.82, 2.24) is 9.88 Å². The molecule has 1 aliphatic rings. The topological polar surface area (TPSA) is 73.4 Å². The monoisotopic (exact) mass is 480 g/mol.